The molecule has 0 atom stereocenters. The van der Waals surface area contributed by atoms with E-state index in [9.17, 15) is 9.59 Å². The lowest BCUT2D eigenvalue weighted by molar-refractivity contribution is -0.121. The van der Waals surface area contributed by atoms with E-state index in [2.05, 4.69) is 10.3 Å². The molecule has 0 fully saturated rings. The Morgan fingerprint density at radius 3 is 2.85 bits per heavy atom. The van der Waals surface area contributed by atoms with E-state index in [0.717, 1.165) is 9.88 Å². The third kappa shape index (κ3) is 3.88. The summed E-state index contributed by atoms with van der Waals surface area (Å²) < 4.78 is 0. The van der Waals surface area contributed by atoms with E-state index < -0.39 is 0 Å². The van der Waals surface area contributed by atoms with Crippen LogP contribution in [0.3, 0.4) is 0 Å². The number of amides is 2. The van der Waals surface area contributed by atoms with Gasteiger partial charge >= 0.3 is 0 Å². The molecule has 20 heavy (non-hydrogen) atoms. The number of nitrogens with one attached hydrogen (secondary N) is 1. The first-order valence-electron chi connectivity index (χ1n) is 6.03. The molecule has 0 bridgehead atoms. The van der Waals surface area contributed by atoms with Crippen molar-refractivity contribution in [1.29, 1.82) is 0 Å². The fourth-order valence-electron chi connectivity index (χ4n) is 1.60. The van der Waals surface area contributed by atoms with E-state index in [4.69, 9.17) is 0 Å². The van der Waals surface area contributed by atoms with E-state index in [1.807, 2.05) is 18.4 Å². The van der Waals surface area contributed by atoms with Gasteiger partial charge in [0.1, 0.15) is 0 Å². The van der Waals surface area contributed by atoms with Gasteiger partial charge in [-0.25, -0.2) is 4.98 Å². The van der Waals surface area contributed by atoms with Gasteiger partial charge in [-0.2, -0.15) is 0 Å². The van der Waals surface area contributed by atoms with Gasteiger partial charge in [-0.15, -0.1) is 22.7 Å². The Hall–Kier alpha value is -1.73. The van der Waals surface area contributed by atoms with Gasteiger partial charge in [0.2, 0.25) is 5.91 Å². The first-order valence-corrected chi connectivity index (χ1v) is 7.73. The molecule has 0 spiro atoms. The average molecular weight is 309 g/mol. The second-order valence-corrected chi connectivity index (χ2v) is 6.53. The zero-order valence-electron chi connectivity index (χ0n) is 11.3. The number of thiophene rings is 1. The molecular weight excluding hydrogens is 294 g/mol. The Labute approximate surface area is 125 Å². The number of thiazole rings is 1. The van der Waals surface area contributed by atoms with Crippen molar-refractivity contribution in [1.82, 2.24) is 15.2 Å². The molecule has 2 heterocycles. The predicted octanol–water partition coefficient (Wildman–Crippen LogP) is 1.90. The van der Waals surface area contributed by atoms with Gasteiger partial charge in [-0.05, 0) is 18.4 Å². The molecule has 2 amide bonds. The van der Waals surface area contributed by atoms with Crippen molar-refractivity contribution in [2.24, 2.45) is 0 Å². The first kappa shape index (κ1) is 14.7. The molecule has 2 aromatic rings. The minimum atomic E-state index is -0.177. The highest BCUT2D eigenvalue weighted by molar-refractivity contribution is 7.12. The van der Waals surface area contributed by atoms with E-state index in [1.54, 1.807) is 30.6 Å². The molecular formula is C13H15N3O2S2. The van der Waals surface area contributed by atoms with Gasteiger partial charge in [-0.1, -0.05) is 6.07 Å². The molecule has 0 aromatic carbocycles. The number of hydrogen-bond donors (Lipinski definition) is 1. The summed E-state index contributed by atoms with van der Waals surface area (Å²) in [5.41, 5.74) is 0. The van der Waals surface area contributed by atoms with Crippen LogP contribution in [0.4, 0.5) is 0 Å². The van der Waals surface area contributed by atoms with Gasteiger partial charge in [0, 0.05) is 18.1 Å². The summed E-state index contributed by atoms with van der Waals surface area (Å²) in [5, 5.41) is 5.60. The number of carbonyl (C=O) groups is 2. The summed E-state index contributed by atoms with van der Waals surface area (Å²) in [6.07, 6.45) is 1.75. The SMILES string of the molecule is Cc1ncc(CNC(=O)CN(C)C(=O)c2cccs2)s1. The van der Waals surface area contributed by atoms with Crippen LogP contribution in [0.25, 0.3) is 0 Å². The maximum absolute atomic E-state index is 12.0. The van der Waals surface area contributed by atoms with Gasteiger partial charge in [0.15, 0.2) is 0 Å². The molecule has 0 radical (unpaired) electrons. The molecule has 7 heteroatoms. The van der Waals surface area contributed by atoms with Crippen LogP contribution in [0.1, 0.15) is 19.6 Å². The van der Waals surface area contributed by atoms with Crippen LogP contribution in [0.15, 0.2) is 23.7 Å². The second-order valence-electron chi connectivity index (χ2n) is 4.26. The van der Waals surface area contributed by atoms with Gasteiger partial charge in [0.25, 0.3) is 5.91 Å². The van der Waals surface area contributed by atoms with Crippen LogP contribution in [-0.4, -0.2) is 35.3 Å². The van der Waals surface area contributed by atoms with E-state index >= 15 is 0 Å². The topological polar surface area (TPSA) is 62.3 Å². The van der Waals surface area contributed by atoms with E-state index in [1.165, 1.54) is 16.2 Å². The minimum absolute atomic E-state index is 0.0501. The highest BCUT2D eigenvalue weighted by Crippen LogP contribution is 2.12. The van der Waals surface area contributed by atoms with Crippen LogP contribution in [-0.2, 0) is 11.3 Å². The summed E-state index contributed by atoms with van der Waals surface area (Å²) in [6.45, 7) is 2.42. The van der Waals surface area contributed by atoms with E-state index in [-0.39, 0.29) is 18.4 Å². The summed E-state index contributed by atoms with van der Waals surface area (Å²) in [6, 6.07) is 3.57. The molecule has 106 valence electrons. The van der Waals surface area contributed by atoms with Crippen molar-refractivity contribution >= 4 is 34.5 Å². The summed E-state index contributed by atoms with van der Waals surface area (Å²) >= 11 is 2.92. The third-order valence-electron chi connectivity index (χ3n) is 2.59. The number of hydrogen-bond acceptors (Lipinski definition) is 5. The molecule has 0 unspecified atom stereocenters. The Balaban J connectivity index is 1.80. The van der Waals surface area contributed by atoms with Crippen molar-refractivity contribution in [3.63, 3.8) is 0 Å². The molecule has 0 aliphatic heterocycles. The number of aryl methyl sites for hydroxylation is 1. The maximum Gasteiger partial charge on any atom is 0.264 e. The summed E-state index contributed by atoms with van der Waals surface area (Å²) in [5.74, 6) is -0.313. The quantitative estimate of drug-likeness (QED) is 0.917. The monoisotopic (exact) mass is 309 g/mol. The van der Waals surface area contributed by atoms with Crippen LogP contribution in [0.2, 0.25) is 0 Å². The summed E-state index contributed by atoms with van der Waals surface area (Å²) in [7, 11) is 1.62. The Morgan fingerprint density at radius 1 is 1.45 bits per heavy atom. The highest BCUT2D eigenvalue weighted by atomic mass is 32.1. The molecule has 0 aliphatic rings. The van der Waals surface area contributed by atoms with Crippen molar-refractivity contribution in [3.05, 3.63) is 38.5 Å². The molecule has 0 saturated heterocycles. The largest absolute Gasteiger partial charge is 0.350 e. The molecule has 5 nitrogen and oxygen atoms in total. The molecule has 0 saturated carbocycles. The Bertz CT molecular complexity index is 593. The van der Waals surface area contributed by atoms with Gasteiger partial charge < -0.3 is 10.2 Å². The van der Waals surface area contributed by atoms with Crippen LogP contribution in [0.5, 0.6) is 0 Å². The highest BCUT2D eigenvalue weighted by Gasteiger charge is 2.15. The smallest absolute Gasteiger partial charge is 0.264 e. The van der Waals surface area contributed by atoms with Crippen molar-refractivity contribution in [3.8, 4) is 0 Å². The number of likely N-dealkylation sites (N-methyl/N-ethyl adjacent to an activating group) is 1. The number of rotatable bonds is 5. The molecule has 2 rings (SSSR count). The predicted molar refractivity (Wildman–Crippen MR) is 80.0 cm³/mol. The second kappa shape index (κ2) is 6.62. The van der Waals surface area contributed by atoms with E-state index in [0.29, 0.717) is 11.4 Å². The van der Waals surface area contributed by atoms with Crippen molar-refractivity contribution in [2.45, 2.75) is 13.5 Å². The lowest BCUT2D eigenvalue weighted by Crippen LogP contribution is -2.37. The zero-order valence-corrected chi connectivity index (χ0v) is 12.9. The lowest BCUT2D eigenvalue weighted by Gasteiger charge is -2.15. The molecule has 2 aromatic heterocycles. The molecule has 1 N–H and O–H groups in total. The van der Waals surface area contributed by atoms with Crippen molar-refractivity contribution < 1.29 is 9.59 Å². The average Bonchev–Trinajstić information content (AvgIpc) is 3.06. The Kier molecular flexibility index (Phi) is 4.86. The normalized spacial score (nSPS) is 10.3. The number of nitrogens with zero attached hydrogens (tertiary/aromatic N) is 2. The fourth-order valence-corrected chi connectivity index (χ4v) is 3.06. The first-order chi connectivity index (χ1) is 9.56. The standard InChI is InChI=1S/C13H15N3O2S2/c1-9-14-6-10(20-9)7-15-12(17)8-16(2)13(18)11-4-3-5-19-11/h3-6H,7-8H2,1-2H3,(H,15,17). The van der Waals surface area contributed by atoms with Gasteiger partial charge in [0.05, 0.1) is 23.0 Å². The van der Waals surface area contributed by atoms with Crippen LogP contribution in [0, 0.1) is 6.92 Å². The van der Waals surface area contributed by atoms with Crippen molar-refractivity contribution in [2.75, 3.05) is 13.6 Å². The zero-order chi connectivity index (χ0) is 14.5. The Morgan fingerprint density at radius 2 is 2.25 bits per heavy atom. The fraction of sp³-hybridized carbons (Fsp3) is 0.308. The summed E-state index contributed by atoms with van der Waals surface area (Å²) in [4.78, 5) is 30.9. The lowest BCUT2D eigenvalue weighted by atomic mass is 10.4. The maximum atomic E-state index is 12.0. The number of aromatic nitrogens is 1. The van der Waals surface area contributed by atoms with Crippen LogP contribution < -0.4 is 5.32 Å². The number of carbonyl (C=O) groups excluding carboxylic acids is 2. The van der Waals surface area contributed by atoms with Crippen LogP contribution >= 0.6 is 22.7 Å². The van der Waals surface area contributed by atoms with Gasteiger partial charge in [-0.3, -0.25) is 9.59 Å². The molecule has 0 aliphatic carbocycles. The minimum Gasteiger partial charge on any atom is -0.350 e. The third-order valence-corrected chi connectivity index (χ3v) is 4.36.